The number of aryl methyl sites for hydroxylation is 1. The maximum atomic E-state index is 12.3. The Kier molecular flexibility index (Phi) is 4.68. The first-order chi connectivity index (χ1) is 11.1. The van der Waals surface area contributed by atoms with Crippen molar-refractivity contribution in [3.63, 3.8) is 0 Å². The van der Waals surface area contributed by atoms with Gasteiger partial charge in [0.05, 0.1) is 0 Å². The van der Waals surface area contributed by atoms with Crippen molar-refractivity contribution in [3.8, 4) is 0 Å². The smallest absolute Gasteiger partial charge is 0.229 e. The van der Waals surface area contributed by atoms with Gasteiger partial charge in [0.15, 0.2) is 5.82 Å². The molecule has 0 saturated carbocycles. The minimum Gasteiger partial charge on any atom is -0.343 e. The summed E-state index contributed by atoms with van der Waals surface area (Å²) < 4.78 is 7.19. The zero-order valence-corrected chi connectivity index (χ0v) is 13.6. The van der Waals surface area contributed by atoms with E-state index in [0.717, 1.165) is 31.8 Å². The van der Waals surface area contributed by atoms with Crippen molar-refractivity contribution in [2.24, 2.45) is 0 Å². The van der Waals surface area contributed by atoms with Crippen LogP contribution < -0.4 is 0 Å². The van der Waals surface area contributed by atoms with Crippen LogP contribution >= 0.6 is 0 Å². The van der Waals surface area contributed by atoms with Crippen molar-refractivity contribution < 1.29 is 9.32 Å². The van der Waals surface area contributed by atoms with Crippen molar-refractivity contribution in [2.75, 3.05) is 13.1 Å². The van der Waals surface area contributed by atoms with Gasteiger partial charge in [0.2, 0.25) is 11.8 Å². The summed E-state index contributed by atoms with van der Waals surface area (Å²) in [5, 5.41) is 11.5. The number of carbonyl (C=O) groups excluding carboxylic acids is 1. The van der Waals surface area contributed by atoms with Crippen LogP contribution in [0.25, 0.3) is 0 Å². The molecular formula is C15H22N6O2. The molecule has 8 nitrogen and oxygen atoms in total. The van der Waals surface area contributed by atoms with Gasteiger partial charge >= 0.3 is 0 Å². The lowest BCUT2D eigenvalue weighted by atomic mass is 9.96. The Morgan fingerprint density at radius 2 is 2.00 bits per heavy atom. The van der Waals surface area contributed by atoms with Gasteiger partial charge in [0.1, 0.15) is 12.7 Å². The van der Waals surface area contributed by atoms with E-state index in [-0.39, 0.29) is 17.7 Å². The van der Waals surface area contributed by atoms with Crippen LogP contribution in [-0.4, -0.2) is 48.8 Å². The van der Waals surface area contributed by atoms with Crippen LogP contribution in [0.3, 0.4) is 0 Å². The lowest BCUT2D eigenvalue weighted by molar-refractivity contribution is -0.132. The maximum Gasteiger partial charge on any atom is 0.229 e. The average Bonchev–Trinajstić information content (AvgIpc) is 3.24. The topological polar surface area (TPSA) is 89.9 Å². The van der Waals surface area contributed by atoms with E-state index < -0.39 is 0 Å². The minimum atomic E-state index is 0.172. The normalized spacial score (nSPS) is 16.2. The molecule has 0 atom stereocenters. The van der Waals surface area contributed by atoms with Gasteiger partial charge in [-0.2, -0.15) is 4.98 Å². The second-order valence-electron chi connectivity index (χ2n) is 6.25. The average molecular weight is 318 g/mol. The number of rotatable bonds is 5. The molecule has 0 bridgehead atoms. The fraction of sp³-hybridized carbons (Fsp3) is 0.667. The largest absolute Gasteiger partial charge is 0.343 e. The summed E-state index contributed by atoms with van der Waals surface area (Å²) in [5.74, 6) is 2.17. The fourth-order valence-electron chi connectivity index (χ4n) is 2.74. The van der Waals surface area contributed by atoms with Gasteiger partial charge in [-0.1, -0.05) is 19.0 Å². The van der Waals surface area contributed by atoms with Crippen LogP contribution in [0.1, 0.15) is 56.7 Å². The molecule has 23 heavy (non-hydrogen) atoms. The molecule has 3 rings (SSSR count). The number of amides is 1. The van der Waals surface area contributed by atoms with E-state index in [0.29, 0.717) is 18.9 Å². The zero-order chi connectivity index (χ0) is 16.2. The molecular weight excluding hydrogens is 296 g/mol. The van der Waals surface area contributed by atoms with Crippen LogP contribution in [0.2, 0.25) is 0 Å². The Labute approximate surface area is 134 Å². The number of hydrogen-bond acceptors (Lipinski definition) is 6. The van der Waals surface area contributed by atoms with Crippen LogP contribution in [0.5, 0.6) is 0 Å². The van der Waals surface area contributed by atoms with E-state index in [1.165, 1.54) is 0 Å². The first-order valence-corrected chi connectivity index (χ1v) is 8.07. The van der Waals surface area contributed by atoms with Crippen molar-refractivity contribution >= 4 is 5.91 Å². The van der Waals surface area contributed by atoms with Crippen molar-refractivity contribution in [1.82, 2.24) is 29.8 Å². The zero-order valence-electron chi connectivity index (χ0n) is 13.6. The van der Waals surface area contributed by atoms with Gasteiger partial charge in [-0.25, -0.2) is 0 Å². The second kappa shape index (κ2) is 6.89. The molecule has 1 aliphatic rings. The van der Waals surface area contributed by atoms with E-state index in [9.17, 15) is 4.79 Å². The van der Waals surface area contributed by atoms with Crippen LogP contribution in [0.15, 0.2) is 17.2 Å². The van der Waals surface area contributed by atoms with E-state index in [1.807, 2.05) is 23.3 Å². The third kappa shape index (κ3) is 3.75. The van der Waals surface area contributed by atoms with Gasteiger partial charge < -0.3 is 14.0 Å². The highest BCUT2D eigenvalue weighted by molar-refractivity contribution is 5.76. The number of nitrogens with zero attached hydrogens (tertiary/aromatic N) is 6. The van der Waals surface area contributed by atoms with Crippen molar-refractivity contribution in [2.45, 2.75) is 51.5 Å². The maximum absolute atomic E-state index is 12.3. The number of aromatic nitrogens is 5. The van der Waals surface area contributed by atoms with Crippen LogP contribution in [0, 0.1) is 0 Å². The molecule has 1 saturated heterocycles. The Hall–Kier alpha value is -2.25. The van der Waals surface area contributed by atoms with E-state index in [2.05, 4.69) is 20.3 Å². The molecule has 0 N–H and O–H groups in total. The summed E-state index contributed by atoms with van der Waals surface area (Å²) in [5.41, 5.74) is 0. The molecule has 1 amide bonds. The molecule has 8 heteroatoms. The monoisotopic (exact) mass is 318 g/mol. The van der Waals surface area contributed by atoms with Crippen LogP contribution in [-0.2, 0) is 11.3 Å². The molecule has 1 aliphatic heterocycles. The Bertz CT molecular complexity index is 628. The number of piperidine rings is 1. The summed E-state index contributed by atoms with van der Waals surface area (Å²) in [4.78, 5) is 18.6. The first-order valence-electron chi connectivity index (χ1n) is 8.07. The molecule has 0 aliphatic carbocycles. The molecule has 3 heterocycles. The number of likely N-dealkylation sites (tertiary alicyclic amines) is 1. The predicted molar refractivity (Wildman–Crippen MR) is 81.6 cm³/mol. The minimum absolute atomic E-state index is 0.172. The lowest BCUT2D eigenvalue weighted by Crippen LogP contribution is -2.38. The molecule has 0 aromatic carbocycles. The Balaban J connectivity index is 1.48. The lowest BCUT2D eigenvalue weighted by Gasteiger charge is -2.30. The van der Waals surface area contributed by atoms with Gasteiger partial charge in [0.25, 0.3) is 0 Å². The van der Waals surface area contributed by atoms with E-state index in [4.69, 9.17) is 4.52 Å². The molecule has 0 radical (unpaired) electrons. The summed E-state index contributed by atoms with van der Waals surface area (Å²) in [6.07, 6.45) is 5.47. The summed E-state index contributed by atoms with van der Waals surface area (Å²) in [6.45, 7) is 6.20. The van der Waals surface area contributed by atoms with Gasteiger partial charge in [-0.15, -0.1) is 10.2 Å². The van der Waals surface area contributed by atoms with Crippen molar-refractivity contribution in [1.29, 1.82) is 0 Å². The van der Waals surface area contributed by atoms with Crippen LogP contribution in [0.4, 0.5) is 0 Å². The summed E-state index contributed by atoms with van der Waals surface area (Å²) in [6, 6.07) is 0. The van der Waals surface area contributed by atoms with E-state index in [1.54, 1.807) is 12.7 Å². The quantitative estimate of drug-likeness (QED) is 0.831. The first kappa shape index (κ1) is 15.6. The van der Waals surface area contributed by atoms with E-state index >= 15 is 0 Å². The van der Waals surface area contributed by atoms with Gasteiger partial charge in [0, 0.05) is 37.9 Å². The molecule has 2 aromatic heterocycles. The summed E-state index contributed by atoms with van der Waals surface area (Å²) >= 11 is 0. The molecule has 0 unspecified atom stereocenters. The van der Waals surface area contributed by atoms with Gasteiger partial charge in [-0.05, 0) is 12.8 Å². The Morgan fingerprint density at radius 1 is 1.30 bits per heavy atom. The highest BCUT2D eigenvalue weighted by Crippen LogP contribution is 2.28. The number of carbonyl (C=O) groups is 1. The highest BCUT2D eigenvalue weighted by atomic mass is 16.5. The number of hydrogen-bond donors (Lipinski definition) is 0. The standard InChI is InChI=1S/C15H22N6O2/c1-11(2)14-18-15(23-19-14)12-3-7-21(8-4-12)13(22)5-6-20-9-16-17-10-20/h9-12H,3-8H2,1-2H3. The van der Waals surface area contributed by atoms with Crippen molar-refractivity contribution in [3.05, 3.63) is 24.4 Å². The molecule has 0 spiro atoms. The summed E-state index contributed by atoms with van der Waals surface area (Å²) in [7, 11) is 0. The Morgan fingerprint density at radius 3 is 2.61 bits per heavy atom. The fourth-order valence-corrected chi connectivity index (χ4v) is 2.74. The predicted octanol–water partition coefficient (Wildman–Crippen LogP) is 1.58. The third-order valence-electron chi connectivity index (χ3n) is 4.22. The van der Waals surface area contributed by atoms with Gasteiger partial charge in [-0.3, -0.25) is 4.79 Å². The molecule has 1 fully saturated rings. The molecule has 124 valence electrons. The third-order valence-corrected chi connectivity index (χ3v) is 4.22. The SMILES string of the molecule is CC(C)c1noc(C2CCN(C(=O)CCn3cnnc3)CC2)n1. The highest BCUT2D eigenvalue weighted by Gasteiger charge is 2.27. The second-order valence-corrected chi connectivity index (χ2v) is 6.25. The molecule has 2 aromatic rings.